The normalized spacial score (nSPS) is 10.8. The summed E-state index contributed by atoms with van der Waals surface area (Å²) >= 11 is 3.27. The summed E-state index contributed by atoms with van der Waals surface area (Å²) in [5.74, 6) is -0.418. The van der Waals surface area contributed by atoms with Gasteiger partial charge in [-0.25, -0.2) is 0 Å². The van der Waals surface area contributed by atoms with Crippen molar-refractivity contribution in [1.29, 1.82) is 0 Å². The summed E-state index contributed by atoms with van der Waals surface area (Å²) in [6.07, 6.45) is 0. The Labute approximate surface area is 123 Å². The second-order valence-electron chi connectivity index (χ2n) is 3.83. The smallest absolute Gasteiger partial charge is 0.387 e. The number of benzene rings is 1. The topological polar surface area (TPSA) is 73.6 Å². The van der Waals surface area contributed by atoms with Crippen LogP contribution in [0.1, 0.15) is 5.56 Å². The molecule has 20 heavy (non-hydrogen) atoms. The minimum Gasteiger partial charge on any atom is -0.434 e. The Hall–Kier alpha value is -1.25. The van der Waals surface area contributed by atoms with E-state index in [2.05, 4.69) is 26.0 Å². The number of nitrogens with two attached hydrogens (primary N) is 1. The molecule has 1 aromatic rings. The van der Waals surface area contributed by atoms with E-state index in [-0.39, 0.29) is 12.4 Å². The van der Waals surface area contributed by atoms with Crippen molar-refractivity contribution in [2.45, 2.75) is 13.2 Å². The van der Waals surface area contributed by atoms with Crippen LogP contribution >= 0.6 is 15.9 Å². The standard InChI is InChI=1S/C12H15BrF2N2O3/c13-9-1-2-10(20-12(14)15)8(5-9)6-17-3-4-19-7-11(16)18/h1-2,5,12,17H,3-4,6-7H2,(H2,16,18). The lowest BCUT2D eigenvalue weighted by Gasteiger charge is -2.12. The maximum absolute atomic E-state index is 12.2. The van der Waals surface area contributed by atoms with Crippen LogP contribution in [0, 0.1) is 0 Å². The number of nitrogens with one attached hydrogen (secondary N) is 1. The molecule has 0 aliphatic carbocycles. The van der Waals surface area contributed by atoms with Crippen molar-refractivity contribution in [2.75, 3.05) is 19.8 Å². The molecule has 0 aliphatic heterocycles. The summed E-state index contributed by atoms with van der Waals surface area (Å²) in [7, 11) is 0. The first-order valence-corrected chi connectivity index (χ1v) is 6.58. The van der Waals surface area contributed by atoms with Crippen LogP contribution in [0.25, 0.3) is 0 Å². The quantitative estimate of drug-likeness (QED) is 0.662. The van der Waals surface area contributed by atoms with Crippen LogP contribution in [0.2, 0.25) is 0 Å². The summed E-state index contributed by atoms with van der Waals surface area (Å²) in [6.45, 7) is -1.93. The molecule has 0 bridgehead atoms. The van der Waals surface area contributed by atoms with E-state index < -0.39 is 12.5 Å². The molecule has 8 heteroatoms. The van der Waals surface area contributed by atoms with Gasteiger partial charge >= 0.3 is 6.61 Å². The molecular formula is C12H15BrF2N2O3. The molecular weight excluding hydrogens is 338 g/mol. The molecule has 0 spiro atoms. The fourth-order valence-corrected chi connectivity index (χ4v) is 1.85. The van der Waals surface area contributed by atoms with Gasteiger partial charge in [0.1, 0.15) is 12.4 Å². The summed E-state index contributed by atoms with van der Waals surface area (Å²) in [5, 5.41) is 2.99. The molecule has 0 saturated heterocycles. The van der Waals surface area contributed by atoms with Crippen molar-refractivity contribution in [3.8, 4) is 5.75 Å². The first kappa shape index (κ1) is 16.8. The van der Waals surface area contributed by atoms with Crippen LogP contribution in [0.15, 0.2) is 22.7 Å². The van der Waals surface area contributed by atoms with Gasteiger partial charge in [-0.3, -0.25) is 4.79 Å². The highest BCUT2D eigenvalue weighted by Crippen LogP contribution is 2.24. The number of hydrogen-bond donors (Lipinski definition) is 2. The van der Waals surface area contributed by atoms with E-state index in [4.69, 9.17) is 10.5 Å². The van der Waals surface area contributed by atoms with Crippen molar-refractivity contribution in [3.05, 3.63) is 28.2 Å². The van der Waals surface area contributed by atoms with Gasteiger partial charge in [-0.15, -0.1) is 0 Å². The molecule has 112 valence electrons. The number of hydrogen-bond acceptors (Lipinski definition) is 4. The van der Waals surface area contributed by atoms with Crippen LogP contribution in [0.5, 0.6) is 5.75 Å². The Kier molecular flexibility index (Phi) is 7.42. The van der Waals surface area contributed by atoms with E-state index in [0.29, 0.717) is 25.3 Å². The van der Waals surface area contributed by atoms with Gasteiger partial charge in [-0.2, -0.15) is 8.78 Å². The van der Waals surface area contributed by atoms with Crippen LogP contribution in [-0.2, 0) is 16.1 Å². The molecule has 0 aliphatic rings. The van der Waals surface area contributed by atoms with Crippen LogP contribution in [0.4, 0.5) is 8.78 Å². The van der Waals surface area contributed by atoms with Gasteiger partial charge < -0.3 is 20.5 Å². The summed E-state index contributed by atoms with van der Waals surface area (Å²) in [5.41, 5.74) is 5.50. The average molecular weight is 353 g/mol. The molecule has 0 saturated carbocycles. The van der Waals surface area contributed by atoms with E-state index in [1.165, 1.54) is 6.07 Å². The molecule has 5 nitrogen and oxygen atoms in total. The lowest BCUT2D eigenvalue weighted by atomic mass is 10.2. The van der Waals surface area contributed by atoms with Crippen molar-refractivity contribution in [3.63, 3.8) is 0 Å². The molecule has 0 radical (unpaired) electrons. The van der Waals surface area contributed by atoms with Gasteiger partial charge in [-0.1, -0.05) is 15.9 Å². The molecule has 0 fully saturated rings. The van der Waals surface area contributed by atoms with Crippen molar-refractivity contribution in [2.24, 2.45) is 5.73 Å². The number of halogens is 3. The largest absolute Gasteiger partial charge is 0.434 e. The van der Waals surface area contributed by atoms with E-state index in [1.54, 1.807) is 12.1 Å². The number of primary amides is 1. The zero-order chi connectivity index (χ0) is 15.0. The molecule has 1 rings (SSSR count). The number of rotatable bonds is 9. The monoisotopic (exact) mass is 352 g/mol. The number of carbonyl (C=O) groups excluding carboxylic acids is 1. The number of amides is 1. The fourth-order valence-electron chi connectivity index (χ4n) is 1.44. The third-order valence-electron chi connectivity index (χ3n) is 2.22. The zero-order valence-corrected chi connectivity index (χ0v) is 12.2. The highest BCUT2D eigenvalue weighted by Gasteiger charge is 2.09. The highest BCUT2D eigenvalue weighted by atomic mass is 79.9. The molecule has 0 aromatic heterocycles. The first-order chi connectivity index (χ1) is 9.49. The second-order valence-corrected chi connectivity index (χ2v) is 4.74. The Balaban J connectivity index is 2.41. The van der Waals surface area contributed by atoms with Gasteiger partial charge in [0.2, 0.25) is 5.91 Å². The number of alkyl halides is 2. The minimum atomic E-state index is -2.87. The first-order valence-electron chi connectivity index (χ1n) is 5.79. The molecule has 1 aromatic carbocycles. The summed E-state index contributed by atoms with van der Waals surface area (Å²) in [6, 6.07) is 4.78. The molecule has 3 N–H and O–H groups in total. The van der Waals surface area contributed by atoms with Gasteiger partial charge in [0, 0.05) is 23.1 Å². The molecule has 0 heterocycles. The van der Waals surface area contributed by atoms with Crippen molar-refractivity contribution in [1.82, 2.24) is 5.32 Å². The van der Waals surface area contributed by atoms with Crippen LogP contribution < -0.4 is 15.8 Å². The molecule has 0 atom stereocenters. The van der Waals surface area contributed by atoms with Crippen molar-refractivity contribution >= 4 is 21.8 Å². The fraction of sp³-hybridized carbons (Fsp3) is 0.417. The SMILES string of the molecule is NC(=O)COCCNCc1cc(Br)ccc1OC(F)F. The zero-order valence-electron chi connectivity index (χ0n) is 10.6. The molecule has 0 unspecified atom stereocenters. The van der Waals surface area contributed by atoms with E-state index in [9.17, 15) is 13.6 Å². The average Bonchev–Trinajstić information content (AvgIpc) is 2.35. The van der Waals surface area contributed by atoms with Crippen LogP contribution in [-0.4, -0.2) is 32.3 Å². The third kappa shape index (κ3) is 6.78. The Bertz CT molecular complexity index is 447. The maximum Gasteiger partial charge on any atom is 0.387 e. The van der Waals surface area contributed by atoms with Gasteiger partial charge in [-0.05, 0) is 18.2 Å². The minimum absolute atomic E-state index is 0.119. The summed E-state index contributed by atoms with van der Waals surface area (Å²) < 4.78 is 34.6. The summed E-state index contributed by atoms with van der Waals surface area (Å²) in [4.78, 5) is 10.4. The van der Waals surface area contributed by atoms with E-state index in [0.717, 1.165) is 4.47 Å². The third-order valence-corrected chi connectivity index (χ3v) is 2.71. The maximum atomic E-state index is 12.2. The Morgan fingerprint density at radius 2 is 2.20 bits per heavy atom. The second kappa shape index (κ2) is 8.83. The van der Waals surface area contributed by atoms with Gasteiger partial charge in [0.05, 0.1) is 6.61 Å². The lowest BCUT2D eigenvalue weighted by Crippen LogP contribution is -2.24. The Morgan fingerprint density at radius 3 is 2.85 bits per heavy atom. The van der Waals surface area contributed by atoms with Crippen molar-refractivity contribution < 1.29 is 23.0 Å². The molecule has 1 amide bonds. The van der Waals surface area contributed by atoms with Gasteiger partial charge in [0.15, 0.2) is 0 Å². The number of ether oxygens (including phenoxy) is 2. The predicted octanol–water partition coefficient (Wildman–Crippen LogP) is 1.64. The highest BCUT2D eigenvalue weighted by molar-refractivity contribution is 9.10. The van der Waals surface area contributed by atoms with Gasteiger partial charge in [0.25, 0.3) is 0 Å². The predicted molar refractivity (Wildman–Crippen MR) is 72.5 cm³/mol. The lowest BCUT2D eigenvalue weighted by molar-refractivity contribution is -0.122. The number of carbonyl (C=O) groups is 1. The van der Waals surface area contributed by atoms with E-state index in [1.807, 2.05) is 0 Å². The van der Waals surface area contributed by atoms with Crippen LogP contribution in [0.3, 0.4) is 0 Å². The van der Waals surface area contributed by atoms with E-state index >= 15 is 0 Å². The Morgan fingerprint density at radius 1 is 1.45 bits per heavy atom.